The van der Waals surface area contributed by atoms with E-state index in [0.717, 1.165) is 51.7 Å². The molecule has 4 rings (SSSR count). The van der Waals surface area contributed by atoms with Crippen LogP contribution in [0.1, 0.15) is 23.7 Å². The molecule has 2 heterocycles. The van der Waals surface area contributed by atoms with Crippen LogP contribution in [0.5, 0.6) is 17.2 Å². The maximum atomic E-state index is 5.46. The molecule has 0 bridgehead atoms. The Morgan fingerprint density at radius 3 is 2.31 bits per heavy atom. The van der Waals surface area contributed by atoms with Crippen LogP contribution >= 0.6 is 0 Å². The van der Waals surface area contributed by atoms with Gasteiger partial charge in [0, 0.05) is 29.4 Å². The maximum Gasteiger partial charge on any atom is 0.161 e. The summed E-state index contributed by atoms with van der Waals surface area (Å²) in [5.74, 6) is 3.15. The molecule has 1 N–H and O–H groups in total. The van der Waals surface area contributed by atoms with Crippen LogP contribution < -0.4 is 19.5 Å². The van der Waals surface area contributed by atoms with Gasteiger partial charge in [-0.3, -0.25) is 0 Å². The zero-order valence-electron chi connectivity index (χ0n) is 19.1. The topological polar surface area (TPSA) is 69.9 Å². The third-order valence-electron chi connectivity index (χ3n) is 5.56. The number of aryl methyl sites for hydroxylation is 1. The lowest BCUT2D eigenvalue weighted by Gasteiger charge is -2.15. The zero-order valence-corrected chi connectivity index (χ0v) is 19.1. The van der Waals surface area contributed by atoms with Gasteiger partial charge in [0.05, 0.1) is 27.0 Å². The van der Waals surface area contributed by atoms with E-state index in [9.17, 15) is 0 Å². The molecule has 2 aromatic heterocycles. The first-order chi connectivity index (χ1) is 15.6. The molecule has 0 atom stereocenters. The van der Waals surface area contributed by atoms with E-state index in [1.807, 2.05) is 47.8 Å². The number of nitrogens with zero attached hydrogens (tertiary/aromatic N) is 3. The minimum atomic E-state index is 0.665. The second-order valence-corrected chi connectivity index (χ2v) is 7.45. The second kappa shape index (κ2) is 9.18. The first-order valence-electron chi connectivity index (χ1n) is 10.6. The van der Waals surface area contributed by atoms with Crippen LogP contribution in [0.4, 0.5) is 5.82 Å². The summed E-state index contributed by atoms with van der Waals surface area (Å²) in [5.41, 5.74) is 5.84. The van der Waals surface area contributed by atoms with Crippen LogP contribution in [0.3, 0.4) is 0 Å². The molecular weight excluding hydrogens is 404 g/mol. The molecule has 0 unspecified atom stereocenters. The lowest BCUT2D eigenvalue weighted by Crippen LogP contribution is -2.11. The summed E-state index contributed by atoms with van der Waals surface area (Å²) in [6, 6.07) is 15.8. The van der Waals surface area contributed by atoms with Crippen LogP contribution in [0.15, 0.2) is 48.5 Å². The fourth-order valence-corrected chi connectivity index (χ4v) is 3.82. The number of hydrogen-bond acceptors (Lipinski definition) is 6. The Morgan fingerprint density at radius 2 is 1.66 bits per heavy atom. The van der Waals surface area contributed by atoms with Gasteiger partial charge in [-0.15, -0.1) is 0 Å². The number of nitrogens with one attached hydrogen (secondary N) is 1. The molecule has 0 spiro atoms. The van der Waals surface area contributed by atoms with Crippen LogP contribution in [-0.2, 0) is 13.0 Å². The van der Waals surface area contributed by atoms with Crippen LogP contribution in [0, 0.1) is 6.92 Å². The Hall–Kier alpha value is -3.74. The average molecular weight is 433 g/mol. The third-order valence-corrected chi connectivity index (χ3v) is 5.56. The molecule has 0 saturated carbocycles. The smallest absolute Gasteiger partial charge is 0.161 e. The number of anilines is 1. The highest BCUT2D eigenvalue weighted by Gasteiger charge is 2.16. The van der Waals surface area contributed by atoms with Gasteiger partial charge in [-0.1, -0.05) is 19.1 Å². The van der Waals surface area contributed by atoms with Crippen molar-refractivity contribution in [3.05, 3.63) is 65.4 Å². The molecule has 0 radical (unpaired) electrons. The van der Waals surface area contributed by atoms with E-state index >= 15 is 0 Å². The number of benzene rings is 2. The molecule has 0 aliphatic carbocycles. The average Bonchev–Trinajstić information content (AvgIpc) is 3.25. The van der Waals surface area contributed by atoms with Gasteiger partial charge in [0.15, 0.2) is 17.1 Å². The third kappa shape index (κ3) is 4.06. The Bertz CT molecular complexity index is 1230. The summed E-state index contributed by atoms with van der Waals surface area (Å²) >= 11 is 0. The van der Waals surface area contributed by atoms with Crippen molar-refractivity contribution in [3.63, 3.8) is 0 Å². The molecule has 0 amide bonds. The highest BCUT2D eigenvalue weighted by molar-refractivity contribution is 5.69. The van der Waals surface area contributed by atoms with Gasteiger partial charge in [0.2, 0.25) is 0 Å². The van der Waals surface area contributed by atoms with E-state index in [1.54, 1.807) is 21.3 Å². The predicted molar refractivity (Wildman–Crippen MR) is 126 cm³/mol. The number of rotatable bonds is 8. The molecule has 0 aliphatic heterocycles. The molecule has 2 aromatic carbocycles. The molecule has 7 heteroatoms. The molecule has 32 heavy (non-hydrogen) atoms. The highest BCUT2D eigenvalue weighted by Crippen LogP contribution is 2.33. The van der Waals surface area contributed by atoms with Crippen LogP contribution in [0.25, 0.3) is 16.9 Å². The highest BCUT2D eigenvalue weighted by atomic mass is 16.5. The van der Waals surface area contributed by atoms with E-state index in [0.29, 0.717) is 18.0 Å². The summed E-state index contributed by atoms with van der Waals surface area (Å²) in [4.78, 5) is 4.80. The molecule has 0 fully saturated rings. The van der Waals surface area contributed by atoms with Crippen molar-refractivity contribution in [2.45, 2.75) is 26.8 Å². The number of hydrogen-bond donors (Lipinski definition) is 1. The van der Waals surface area contributed by atoms with Crippen molar-refractivity contribution in [2.24, 2.45) is 0 Å². The van der Waals surface area contributed by atoms with Gasteiger partial charge < -0.3 is 19.5 Å². The lowest BCUT2D eigenvalue weighted by atomic mass is 10.1. The summed E-state index contributed by atoms with van der Waals surface area (Å²) < 4.78 is 18.0. The fraction of sp³-hybridized carbons (Fsp3) is 0.280. The monoisotopic (exact) mass is 432 g/mol. The van der Waals surface area contributed by atoms with Crippen molar-refractivity contribution in [3.8, 4) is 28.5 Å². The van der Waals surface area contributed by atoms with E-state index in [4.69, 9.17) is 24.3 Å². The van der Waals surface area contributed by atoms with Gasteiger partial charge in [0.25, 0.3) is 0 Å². The van der Waals surface area contributed by atoms with Crippen molar-refractivity contribution < 1.29 is 14.2 Å². The summed E-state index contributed by atoms with van der Waals surface area (Å²) in [7, 11) is 4.93. The molecule has 166 valence electrons. The fourth-order valence-electron chi connectivity index (χ4n) is 3.82. The van der Waals surface area contributed by atoms with E-state index in [2.05, 4.69) is 24.4 Å². The van der Waals surface area contributed by atoms with Gasteiger partial charge in [-0.05, 0) is 49.2 Å². The molecule has 0 aliphatic rings. The molecule has 0 saturated heterocycles. The van der Waals surface area contributed by atoms with Gasteiger partial charge in [-0.25, -0.2) is 4.98 Å². The van der Waals surface area contributed by atoms with Crippen LogP contribution in [-0.4, -0.2) is 35.9 Å². The largest absolute Gasteiger partial charge is 0.497 e. The Morgan fingerprint density at radius 1 is 0.906 bits per heavy atom. The first-order valence-corrected chi connectivity index (χ1v) is 10.6. The Labute approximate surface area is 188 Å². The maximum absolute atomic E-state index is 5.46. The number of fused-ring (bicyclic) bond motifs is 1. The second-order valence-electron chi connectivity index (χ2n) is 7.45. The van der Waals surface area contributed by atoms with Crippen molar-refractivity contribution in [2.75, 3.05) is 26.6 Å². The number of methoxy groups -OCH3 is 3. The molecule has 7 nitrogen and oxygen atoms in total. The first kappa shape index (κ1) is 21.5. The number of aromatic nitrogens is 3. The lowest BCUT2D eigenvalue weighted by molar-refractivity contribution is 0.355. The predicted octanol–water partition coefficient (Wildman–Crippen LogP) is 4.91. The Balaban J connectivity index is 1.73. The SMILES string of the molecule is CCc1c(C)nc2cc(-c3ccc(OC)c(OC)c3)nn2c1NCc1ccc(OC)cc1. The summed E-state index contributed by atoms with van der Waals surface area (Å²) in [6.07, 6.45) is 0.852. The quantitative estimate of drug-likeness (QED) is 0.427. The van der Waals surface area contributed by atoms with Crippen LogP contribution in [0.2, 0.25) is 0 Å². The standard InChI is InChI=1S/C25H28N4O3/c1-6-20-16(2)27-24-14-21(18-9-12-22(31-4)23(13-18)32-5)28-29(24)25(20)26-15-17-7-10-19(30-3)11-8-17/h7-14,26H,6,15H2,1-5H3. The Kier molecular flexibility index (Phi) is 6.16. The van der Waals surface area contributed by atoms with Crippen molar-refractivity contribution in [1.82, 2.24) is 14.6 Å². The van der Waals surface area contributed by atoms with Gasteiger partial charge in [-0.2, -0.15) is 9.61 Å². The van der Waals surface area contributed by atoms with Crippen molar-refractivity contribution >= 4 is 11.5 Å². The van der Waals surface area contributed by atoms with E-state index in [1.165, 1.54) is 0 Å². The minimum Gasteiger partial charge on any atom is -0.497 e. The minimum absolute atomic E-state index is 0.665. The summed E-state index contributed by atoms with van der Waals surface area (Å²) in [6.45, 7) is 4.84. The summed E-state index contributed by atoms with van der Waals surface area (Å²) in [5, 5.41) is 8.46. The van der Waals surface area contributed by atoms with Gasteiger partial charge in [0.1, 0.15) is 11.6 Å². The van der Waals surface area contributed by atoms with E-state index < -0.39 is 0 Å². The zero-order chi connectivity index (χ0) is 22.7. The van der Waals surface area contributed by atoms with Gasteiger partial charge >= 0.3 is 0 Å². The number of ether oxygens (including phenoxy) is 3. The molecular formula is C25H28N4O3. The molecule has 4 aromatic rings. The normalized spacial score (nSPS) is 10.9. The van der Waals surface area contributed by atoms with E-state index in [-0.39, 0.29) is 0 Å². The van der Waals surface area contributed by atoms with Crippen molar-refractivity contribution in [1.29, 1.82) is 0 Å².